The van der Waals surface area contributed by atoms with E-state index in [1.165, 1.54) is 22.2 Å². The number of alkyl halides is 3. The first-order valence-electron chi connectivity index (χ1n) is 8.64. The Hall–Kier alpha value is -2.43. The topological polar surface area (TPSA) is 59.4 Å². The Kier molecular flexibility index (Phi) is 6.35. The summed E-state index contributed by atoms with van der Waals surface area (Å²) in [4.78, 5) is 12.9. The molecule has 5 nitrogen and oxygen atoms in total. The van der Waals surface area contributed by atoms with Crippen molar-refractivity contribution in [3.8, 4) is 6.19 Å². The fourth-order valence-electron chi connectivity index (χ4n) is 2.93. The summed E-state index contributed by atoms with van der Waals surface area (Å²) in [7, 11) is 0. The maximum Gasteiger partial charge on any atom is 0.416 e. The molecule has 1 aromatic rings. The van der Waals surface area contributed by atoms with Crippen LogP contribution in [0.3, 0.4) is 0 Å². The maximum atomic E-state index is 12.9. The predicted octanol–water partition coefficient (Wildman–Crippen LogP) is 3.85. The number of amides is 1. The highest BCUT2D eigenvalue weighted by Crippen LogP contribution is 2.30. The van der Waals surface area contributed by atoms with Crippen molar-refractivity contribution in [3.63, 3.8) is 0 Å². The van der Waals surface area contributed by atoms with Crippen LogP contribution < -0.4 is 5.32 Å². The summed E-state index contributed by atoms with van der Waals surface area (Å²) in [5.41, 5.74) is -0.293. The molecule has 26 heavy (non-hydrogen) atoms. The molecule has 1 saturated heterocycles. The van der Waals surface area contributed by atoms with Crippen molar-refractivity contribution in [3.05, 3.63) is 29.8 Å². The van der Waals surface area contributed by atoms with Crippen molar-refractivity contribution in [2.24, 2.45) is 5.92 Å². The molecular weight excluding hydrogens is 345 g/mol. The third-order valence-corrected chi connectivity index (χ3v) is 4.21. The van der Waals surface area contributed by atoms with E-state index in [-0.39, 0.29) is 11.8 Å². The number of anilines is 1. The molecule has 1 amide bonds. The number of hydrogen-bond donors (Lipinski definition) is 1. The van der Waals surface area contributed by atoms with E-state index in [9.17, 15) is 23.2 Å². The van der Waals surface area contributed by atoms with Gasteiger partial charge in [0.25, 0.3) is 5.91 Å². The third kappa shape index (κ3) is 5.04. The molecule has 0 saturated carbocycles. The Morgan fingerprint density at radius 1 is 1.23 bits per heavy atom. The van der Waals surface area contributed by atoms with Gasteiger partial charge in [0.2, 0.25) is 0 Å². The van der Waals surface area contributed by atoms with Crippen LogP contribution in [-0.2, 0) is 11.0 Å². The third-order valence-electron chi connectivity index (χ3n) is 4.21. The molecule has 1 atom stereocenters. The monoisotopic (exact) mass is 368 g/mol. The minimum atomic E-state index is -4.40. The van der Waals surface area contributed by atoms with Gasteiger partial charge in [0.15, 0.2) is 6.19 Å². The maximum absolute atomic E-state index is 12.9. The number of carbonyl (C=O) groups excluding carboxylic acids is 1. The summed E-state index contributed by atoms with van der Waals surface area (Å²) < 4.78 is 38.1. The van der Waals surface area contributed by atoms with Gasteiger partial charge in [0.1, 0.15) is 6.04 Å². The second kappa shape index (κ2) is 8.30. The van der Waals surface area contributed by atoms with Crippen LogP contribution in [0.5, 0.6) is 0 Å². The van der Waals surface area contributed by atoms with Gasteiger partial charge in [-0.3, -0.25) is 4.79 Å². The van der Waals surface area contributed by atoms with Crippen molar-refractivity contribution in [1.29, 1.82) is 5.26 Å². The fraction of sp³-hybridized carbons (Fsp3) is 0.556. The number of nitrogens with zero attached hydrogens (tertiary/aromatic N) is 3. The molecule has 1 aromatic carbocycles. The van der Waals surface area contributed by atoms with Gasteiger partial charge in [0.05, 0.1) is 12.1 Å². The van der Waals surface area contributed by atoms with Gasteiger partial charge in [-0.1, -0.05) is 13.8 Å². The molecule has 1 N–H and O–H groups in total. The molecule has 8 heteroatoms. The quantitative estimate of drug-likeness (QED) is 0.802. The highest BCUT2D eigenvalue weighted by atomic mass is 19.4. The van der Waals surface area contributed by atoms with Crippen molar-refractivity contribution in [2.75, 3.05) is 18.4 Å². The number of nitrogens with one attached hydrogen (secondary N) is 1. The summed E-state index contributed by atoms with van der Waals surface area (Å²) in [6.45, 7) is 4.90. The Labute approximate surface area is 151 Å². The molecule has 2 rings (SSSR count). The average Bonchev–Trinajstić information content (AvgIpc) is 2.59. The van der Waals surface area contributed by atoms with Gasteiger partial charge in [0, 0.05) is 12.2 Å². The van der Waals surface area contributed by atoms with Gasteiger partial charge in [-0.05, 0) is 49.4 Å². The highest BCUT2D eigenvalue weighted by Gasteiger charge is 2.32. The van der Waals surface area contributed by atoms with Crippen LogP contribution in [0, 0.1) is 17.4 Å². The average molecular weight is 368 g/mol. The van der Waals surface area contributed by atoms with E-state index in [1.807, 2.05) is 20.0 Å². The van der Waals surface area contributed by atoms with E-state index in [0.29, 0.717) is 25.2 Å². The number of hydrazine groups is 1. The molecule has 1 fully saturated rings. The number of hydrogen-bond acceptors (Lipinski definition) is 4. The first-order chi connectivity index (χ1) is 12.2. The van der Waals surface area contributed by atoms with Crippen LogP contribution in [0.1, 0.15) is 38.7 Å². The molecule has 0 aromatic heterocycles. The van der Waals surface area contributed by atoms with Crippen LogP contribution in [0.4, 0.5) is 18.9 Å². The zero-order valence-corrected chi connectivity index (χ0v) is 14.9. The molecule has 0 spiro atoms. The molecule has 0 bridgehead atoms. The minimum Gasteiger partial charge on any atom is -0.374 e. The van der Waals surface area contributed by atoms with Crippen LogP contribution in [0.25, 0.3) is 0 Å². The molecule has 1 unspecified atom stereocenters. The lowest BCUT2D eigenvalue weighted by atomic mass is 10.0. The van der Waals surface area contributed by atoms with Crippen molar-refractivity contribution >= 4 is 11.6 Å². The fourth-order valence-corrected chi connectivity index (χ4v) is 2.93. The number of carbonyl (C=O) groups is 1. The van der Waals surface area contributed by atoms with Gasteiger partial charge in [-0.2, -0.15) is 18.4 Å². The molecular formula is C18H23F3N4O. The Bertz CT molecular complexity index is 652. The van der Waals surface area contributed by atoms with Crippen molar-refractivity contribution in [2.45, 2.75) is 45.3 Å². The minimum absolute atomic E-state index is 0.200. The van der Waals surface area contributed by atoms with Gasteiger partial charge in [-0.25, -0.2) is 10.0 Å². The Balaban J connectivity index is 2.16. The second-order valence-electron chi connectivity index (χ2n) is 6.79. The molecule has 0 aliphatic carbocycles. The predicted molar refractivity (Wildman–Crippen MR) is 91.6 cm³/mol. The largest absolute Gasteiger partial charge is 0.416 e. The summed E-state index contributed by atoms with van der Waals surface area (Å²) in [6.07, 6.45) is -0.206. The summed E-state index contributed by atoms with van der Waals surface area (Å²) in [6, 6.07) is 4.01. The second-order valence-corrected chi connectivity index (χ2v) is 6.79. The van der Waals surface area contributed by atoms with Crippen molar-refractivity contribution < 1.29 is 18.0 Å². The molecule has 142 valence electrons. The van der Waals surface area contributed by atoms with Gasteiger partial charge >= 0.3 is 6.18 Å². The summed E-state index contributed by atoms with van der Waals surface area (Å²) >= 11 is 0. The van der Waals surface area contributed by atoms with E-state index in [2.05, 4.69) is 5.32 Å². The van der Waals surface area contributed by atoms with Crippen LogP contribution >= 0.6 is 0 Å². The Morgan fingerprint density at radius 3 is 2.38 bits per heavy atom. The highest BCUT2D eigenvalue weighted by molar-refractivity contribution is 5.84. The van der Waals surface area contributed by atoms with E-state index >= 15 is 0 Å². The SMILES string of the molecule is CC(C)CC(Nc1ccc(C(F)(F)F)cc1)C(=O)N1CCCCN1C#N. The van der Waals surface area contributed by atoms with Crippen molar-refractivity contribution in [1.82, 2.24) is 10.0 Å². The van der Waals surface area contributed by atoms with E-state index < -0.39 is 17.8 Å². The van der Waals surface area contributed by atoms with E-state index in [0.717, 1.165) is 25.0 Å². The van der Waals surface area contributed by atoms with Gasteiger partial charge < -0.3 is 5.32 Å². The summed E-state index contributed by atoms with van der Waals surface area (Å²) in [5.74, 6) is -0.0360. The summed E-state index contributed by atoms with van der Waals surface area (Å²) in [5, 5.41) is 15.1. The number of nitriles is 1. The molecule has 0 radical (unpaired) electrons. The zero-order chi connectivity index (χ0) is 19.3. The zero-order valence-electron chi connectivity index (χ0n) is 14.9. The van der Waals surface area contributed by atoms with Crippen LogP contribution in [0.15, 0.2) is 24.3 Å². The number of benzene rings is 1. The number of halogens is 3. The lowest BCUT2D eigenvalue weighted by Gasteiger charge is -2.37. The van der Waals surface area contributed by atoms with E-state index in [4.69, 9.17) is 0 Å². The van der Waals surface area contributed by atoms with E-state index in [1.54, 1.807) is 0 Å². The molecule has 1 aliphatic heterocycles. The van der Waals surface area contributed by atoms with Crippen LogP contribution in [0.2, 0.25) is 0 Å². The van der Waals surface area contributed by atoms with Crippen LogP contribution in [-0.4, -0.2) is 35.1 Å². The van der Waals surface area contributed by atoms with Gasteiger partial charge in [-0.15, -0.1) is 0 Å². The standard InChI is InChI=1S/C18H23F3N4O/c1-13(2)11-16(17(26)25-10-4-3-9-24(25)12-22)23-15-7-5-14(6-8-15)18(19,20)21/h5-8,13,16,23H,3-4,9-11H2,1-2H3. The Morgan fingerprint density at radius 2 is 1.85 bits per heavy atom. The first-order valence-corrected chi connectivity index (χ1v) is 8.64. The first kappa shape index (κ1) is 19.9. The lowest BCUT2D eigenvalue weighted by molar-refractivity contribution is -0.147. The normalized spacial score (nSPS) is 16.3. The molecule has 1 aliphatic rings. The molecule has 1 heterocycles. The lowest BCUT2D eigenvalue weighted by Crippen LogP contribution is -2.53. The number of rotatable bonds is 5. The smallest absolute Gasteiger partial charge is 0.374 e.